The SMILES string of the molecule is Cc1nn(C)c(Cn2c(=O)oc(=O)c3ccccc32)c1Cl. The fraction of sp³-hybridized carbons (Fsp3) is 0.214. The number of para-hydroxylation sites is 1. The fourth-order valence-corrected chi connectivity index (χ4v) is 2.54. The summed E-state index contributed by atoms with van der Waals surface area (Å²) in [6, 6.07) is 6.79. The van der Waals surface area contributed by atoms with E-state index in [1.807, 2.05) is 0 Å². The third-order valence-corrected chi connectivity index (χ3v) is 3.88. The number of benzene rings is 1. The van der Waals surface area contributed by atoms with Crippen molar-refractivity contribution in [3.63, 3.8) is 0 Å². The Balaban J connectivity index is 2.26. The predicted octanol–water partition coefficient (Wildman–Crippen LogP) is 1.70. The van der Waals surface area contributed by atoms with E-state index in [4.69, 9.17) is 16.0 Å². The van der Waals surface area contributed by atoms with E-state index in [1.54, 1.807) is 42.9 Å². The second-order valence-corrected chi connectivity index (χ2v) is 5.11. The third-order valence-electron chi connectivity index (χ3n) is 3.38. The Bertz CT molecular complexity index is 952. The largest absolute Gasteiger partial charge is 0.422 e. The maximum absolute atomic E-state index is 12.0. The summed E-state index contributed by atoms with van der Waals surface area (Å²) in [7, 11) is 1.75. The maximum atomic E-state index is 12.0. The molecule has 0 saturated carbocycles. The molecule has 2 heterocycles. The summed E-state index contributed by atoms with van der Waals surface area (Å²) in [5.74, 6) is -0.714. The molecule has 0 radical (unpaired) electrons. The Morgan fingerprint density at radius 2 is 2.00 bits per heavy atom. The van der Waals surface area contributed by atoms with Crippen LogP contribution in [-0.4, -0.2) is 14.3 Å². The number of nitrogens with zero attached hydrogens (tertiary/aromatic N) is 3. The van der Waals surface area contributed by atoms with Crippen LogP contribution in [0.2, 0.25) is 5.02 Å². The number of fused-ring (bicyclic) bond motifs is 1. The zero-order chi connectivity index (χ0) is 15.1. The molecule has 0 saturated heterocycles. The maximum Gasteiger partial charge on any atom is 0.422 e. The molecule has 1 aromatic carbocycles. The minimum Gasteiger partial charge on any atom is -0.372 e. The Labute approximate surface area is 124 Å². The van der Waals surface area contributed by atoms with E-state index in [9.17, 15) is 9.59 Å². The summed E-state index contributed by atoms with van der Waals surface area (Å²) in [6.07, 6.45) is 0. The van der Waals surface area contributed by atoms with Crippen molar-refractivity contribution < 1.29 is 4.42 Å². The van der Waals surface area contributed by atoms with E-state index in [0.29, 0.717) is 27.3 Å². The average molecular weight is 306 g/mol. The summed E-state index contributed by atoms with van der Waals surface area (Å²) < 4.78 is 7.75. The minimum absolute atomic E-state index is 0.180. The molecule has 2 aromatic heterocycles. The van der Waals surface area contributed by atoms with Crippen molar-refractivity contribution in [2.45, 2.75) is 13.5 Å². The molecule has 3 rings (SSSR count). The van der Waals surface area contributed by atoms with Crippen molar-refractivity contribution in [3.8, 4) is 0 Å². The molecule has 0 unspecified atom stereocenters. The monoisotopic (exact) mass is 305 g/mol. The van der Waals surface area contributed by atoms with Gasteiger partial charge < -0.3 is 4.42 Å². The quantitative estimate of drug-likeness (QED) is 0.722. The summed E-state index contributed by atoms with van der Waals surface area (Å²) >= 11 is 6.21. The molecule has 0 fully saturated rings. The van der Waals surface area contributed by atoms with E-state index in [2.05, 4.69) is 5.10 Å². The zero-order valence-electron chi connectivity index (χ0n) is 11.5. The highest BCUT2D eigenvalue weighted by Gasteiger charge is 2.15. The van der Waals surface area contributed by atoms with Crippen molar-refractivity contribution in [1.82, 2.24) is 14.3 Å². The number of halogens is 1. The highest BCUT2D eigenvalue weighted by atomic mass is 35.5. The van der Waals surface area contributed by atoms with Crippen LogP contribution in [0.1, 0.15) is 11.4 Å². The van der Waals surface area contributed by atoms with Crippen LogP contribution in [0.15, 0.2) is 38.3 Å². The van der Waals surface area contributed by atoms with Crippen molar-refractivity contribution in [1.29, 1.82) is 0 Å². The van der Waals surface area contributed by atoms with Crippen LogP contribution in [-0.2, 0) is 13.6 Å². The topological polar surface area (TPSA) is 70.0 Å². The van der Waals surface area contributed by atoms with Crippen molar-refractivity contribution >= 4 is 22.5 Å². The Hall–Kier alpha value is -2.34. The Kier molecular flexibility index (Phi) is 3.17. The van der Waals surface area contributed by atoms with E-state index < -0.39 is 11.4 Å². The van der Waals surface area contributed by atoms with Crippen LogP contribution in [0, 0.1) is 6.92 Å². The predicted molar refractivity (Wildman–Crippen MR) is 78.8 cm³/mol. The first-order valence-electron chi connectivity index (χ1n) is 6.29. The molecule has 21 heavy (non-hydrogen) atoms. The molecule has 0 aliphatic rings. The van der Waals surface area contributed by atoms with E-state index in [-0.39, 0.29) is 6.54 Å². The van der Waals surface area contributed by atoms with Gasteiger partial charge in [-0.3, -0.25) is 9.25 Å². The molecule has 7 heteroatoms. The molecule has 0 spiro atoms. The van der Waals surface area contributed by atoms with Crippen LogP contribution in [0.3, 0.4) is 0 Å². The number of hydrogen-bond donors (Lipinski definition) is 0. The average Bonchev–Trinajstić information content (AvgIpc) is 2.69. The van der Waals surface area contributed by atoms with Crippen LogP contribution >= 0.6 is 11.6 Å². The van der Waals surface area contributed by atoms with Gasteiger partial charge in [0.1, 0.15) is 0 Å². The standard InChI is InChI=1S/C14H12ClN3O3/c1-8-12(15)11(17(2)16-8)7-18-10-6-4-3-5-9(10)13(19)21-14(18)20/h3-6H,7H2,1-2H3. The number of rotatable bonds is 2. The van der Waals surface area contributed by atoms with Crippen LogP contribution in [0.25, 0.3) is 10.9 Å². The molecule has 0 amide bonds. The Morgan fingerprint density at radius 3 is 2.67 bits per heavy atom. The highest BCUT2D eigenvalue weighted by molar-refractivity contribution is 6.31. The summed E-state index contributed by atoms with van der Waals surface area (Å²) in [4.78, 5) is 23.7. The van der Waals surface area contributed by atoms with Crippen LogP contribution in [0.4, 0.5) is 0 Å². The number of aromatic nitrogens is 3. The van der Waals surface area contributed by atoms with Gasteiger partial charge in [0.2, 0.25) is 0 Å². The molecule has 0 aliphatic carbocycles. The molecular weight excluding hydrogens is 294 g/mol. The van der Waals surface area contributed by atoms with Crippen molar-refractivity contribution in [2.24, 2.45) is 7.05 Å². The summed E-state index contributed by atoms with van der Waals surface area (Å²) in [5, 5.41) is 5.06. The van der Waals surface area contributed by atoms with Gasteiger partial charge in [-0.1, -0.05) is 23.7 Å². The second kappa shape index (κ2) is 4.89. The molecular formula is C14H12ClN3O3. The number of hydrogen-bond acceptors (Lipinski definition) is 4. The van der Waals surface area contributed by atoms with Crippen LogP contribution < -0.4 is 11.4 Å². The van der Waals surface area contributed by atoms with Gasteiger partial charge in [-0.2, -0.15) is 5.10 Å². The van der Waals surface area contributed by atoms with E-state index >= 15 is 0 Å². The first-order chi connectivity index (χ1) is 9.99. The minimum atomic E-state index is -0.714. The lowest BCUT2D eigenvalue weighted by Crippen LogP contribution is -2.26. The van der Waals surface area contributed by atoms with Gasteiger partial charge in [0.05, 0.1) is 33.9 Å². The second-order valence-electron chi connectivity index (χ2n) is 4.73. The van der Waals surface area contributed by atoms with Gasteiger partial charge in [0.25, 0.3) is 0 Å². The highest BCUT2D eigenvalue weighted by Crippen LogP contribution is 2.21. The lowest BCUT2D eigenvalue weighted by Gasteiger charge is -2.09. The third kappa shape index (κ3) is 2.17. The first kappa shape index (κ1) is 13.6. The van der Waals surface area contributed by atoms with Crippen molar-refractivity contribution in [3.05, 3.63) is 61.6 Å². The van der Waals surface area contributed by atoms with Gasteiger partial charge in [0, 0.05) is 7.05 Å². The Morgan fingerprint density at radius 1 is 1.29 bits per heavy atom. The molecule has 0 N–H and O–H groups in total. The molecule has 0 aliphatic heterocycles. The molecule has 3 aromatic rings. The molecule has 108 valence electrons. The van der Waals surface area contributed by atoms with Gasteiger partial charge in [-0.15, -0.1) is 0 Å². The molecule has 6 nitrogen and oxygen atoms in total. The fourth-order valence-electron chi connectivity index (χ4n) is 2.32. The van der Waals surface area contributed by atoms with Crippen LogP contribution in [0.5, 0.6) is 0 Å². The van der Waals surface area contributed by atoms with Gasteiger partial charge in [-0.05, 0) is 19.1 Å². The van der Waals surface area contributed by atoms with Gasteiger partial charge in [-0.25, -0.2) is 9.59 Å². The van der Waals surface area contributed by atoms with E-state index in [0.717, 1.165) is 0 Å². The van der Waals surface area contributed by atoms with Gasteiger partial charge >= 0.3 is 11.4 Å². The number of aryl methyl sites for hydroxylation is 2. The van der Waals surface area contributed by atoms with Gasteiger partial charge in [0.15, 0.2) is 0 Å². The smallest absolute Gasteiger partial charge is 0.372 e. The molecule has 0 bridgehead atoms. The molecule has 0 atom stereocenters. The summed E-state index contributed by atoms with van der Waals surface area (Å²) in [5.41, 5.74) is 1.23. The normalized spacial score (nSPS) is 11.2. The first-order valence-corrected chi connectivity index (χ1v) is 6.67. The zero-order valence-corrected chi connectivity index (χ0v) is 12.2. The summed E-state index contributed by atoms with van der Waals surface area (Å²) in [6.45, 7) is 1.97. The van der Waals surface area contributed by atoms with E-state index in [1.165, 1.54) is 4.57 Å². The van der Waals surface area contributed by atoms with Crippen molar-refractivity contribution in [2.75, 3.05) is 0 Å². The lowest BCUT2D eigenvalue weighted by molar-refractivity contribution is 0.422. The lowest BCUT2D eigenvalue weighted by atomic mass is 10.2.